The first-order valence-electron chi connectivity index (χ1n) is 11.1. The summed E-state index contributed by atoms with van der Waals surface area (Å²) in [5.41, 5.74) is 8.55. The molecule has 4 aromatic rings. The summed E-state index contributed by atoms with van der Waals surface area (Å²) >= 11 is 0. The number of hydrogen-bond acceptors (Lipinski definition) is 8. The Balaban J connectivity index is 1.46. The van der Waals surface area contributed by atoms with Gasteiger partial charge in [-0.25, -0.2) is 14.1 Å². The predicted octanol–water partition coefficient (Wildman–Crippen LogP) is 3.01. The Morgan fingerprint density at radius 1 is 1.15 bits per heavy atom. The van der Waals surface area contributed by atoms with E-state index >= 15 is 0 Å². The molecule has 1 unspecified atom stereocenters. The Morgan fingerprint density at radius 3 is 2.73 bits per heavy atom. The third-order valence-electron chi connectivity index (χ3n) is 5.92. The Morgan fingerprint density at radius 2 is 1.97 bits per heavy atom. The molecule has 5 rings (SSSR count). The van der Waals surface area contributed by atoms with Crippen molar-refractivity contribution in [2.24, 2.45) is 0 Å². The highest BCUT2D eigenvalue weighted by atomic mass is 19.1. The van der Waals surface area contributed by atoms with Crippen molar-refractivity contribution in [1.29, 1.82) is 0 Å². The number of nitrogens with one attached hydrogen (secondary N) is 1. The lowest BCUT2D eigenvalue weighted by Crippen LogP contribution is -2.30. The molecule has 0 amide bonds. The molecule has 3 N–H and O–H groups in total. The fourth-order valence-electron chi connectivity index (χ4n) is 4.17. The van der Waals surface area contributed by atoms with Gasteiger partial charge in [0.1, 0.15) is 5.82 Å². The minimum absolute atomic E-state index is 0.118. The normalized spacial score (nSPS) is 16.3. The molecule has 1 saturated heterocycles. The van der Waals surface area contributed by atoms with E-state index in [4.69, 9.17) is 5.73 Å². The van der Waals surface area contributed by atoms with Crippen LogP contribution in [0.3, 0.4) is 0 Å². The number of nitrogens with zero attached hydrogens (tertiary/aromatic N) is 8. The Labute approximate surface area is 190 Å². The van der Waals surface area contributed by atoms with E-state index < -0.39 is 6.30 Å². The van der Waals surface area contributed by atoms with E-state index in [1.807, 2.05) is 41.9 Å². The minimum atomic E-state index is -1.20. The average molecular weight is 451 g/mol. The third-order valence-corrected chi connectivity index (χ3v) is 5.92. The van der Waals surface area contributed by atoms with Crippen molar-refractivity contribution in [2.45, 2.75) is 39.0 Å². The summed E-state index contributed by atoms with van der Waals surface area (Å²) in [6.07, 6.45) is 6.53. The highest BCUT2D eigenvalue weighted by Crippen LogP contribution is 2.24. The van der Waals surface area contributed by atoms with E-state index in [1.165, 1.54) is 24.4 Å². The van der Waals surface area contributed by atoms with E-state index in [9.17, 15) is 4.39 Å². The van der Waals surface area contributed by atoms with Gasteiger partial charge in [-0.05, 0) is 58.0 Å². The van der Waals surface area contributed by atoms with Crippen molar-refractivity contribution in [1.82, 2.24) is 39.0 Å². The number of aromatic nitrogens is 7. The van der Waals surface area contributed by atoms with Crippen LogP contribution in [0.15, 0.2) is 36.8 Å². The smallest absolute Gasteiger partial charge is 0.228 e. The quantitative estimate of drug-likeness (QED) is 0.442. The van der Waals surface area contributed by atoms with Crippen molar-refractivity contribution < 1.29 is 4.39 Å². The van der Waals surface area contributed by atoms with Crippen LogP contribution in [0.5, 0.6) is 0 Å². The number of likely N-dealkylation sites (tertiary alicyclic amines) is 1. The van der Waals surface area contributed by atoms with Crippen LogP contribution in [0.25, 0.3) is 16.9 Å². The molecular formula is C22H27FN10. The van der Waals surface area contributed by atoms with Gasteiger partial charge in [0, 0.05) is 24.5 Å². The zero-order valence-electron chi connectivity index (χ0n) is 18.7. The molecule has 5 heterocycles. The van der Waals surface area contributed by atoms with Gasteiger partial charge < -0.3 is 20.4 Å². The number of pyridine rings is 1. The molecule has 1 fully saturated rings. The van der Waals surface area contributed by atoms with E-state index in [-0.39, 0.29) is 12.0 Å². The first kappa shape index (κ1) is 21.3. The van der Waals surface area contributed by atoms with Crippen molar-refractivity contribution in [3.05, 3.63) is 48.3 Å². The van der Waals surface area contributed by atoms with Crippen LogP contribution in [0.2, 0.25) is 0 Å². The fraction of sp³-hybridized carbons (Fsp3) is 0.409. The number of hydrogen-bond donors (Lipinski definition) is 2. The number of aryl methyl sites for hydroxylation is 1. The van der Waals surface area contributed by atoms with Gasteiger partial charge in [0.15, 0.2) is 12.1 Å². The summed E-state index contributed by atoms with van der Waals surface area (Å²) < 4.78 is 17.1. The van der Waals surface area contributed by atoms with Crippen molar-refractivity contribution in [3.8, 4) is 11.4 Å². The number of fused-ring (bicyclic) bond motifs is 1. The fourth-order valence-corrected chi connectivity index (χ4v) is 4.17. The van der Waals surface area contributed by atoms with Gasteiger partial charge in [-0.2, -0.15) is 20.1 Å². The highest BCUT2D eigenvalue weighted by Gasteiger charge is 2.23. The SMILES string of the molecule is Cc1ncc2ccc(-c3nc(N)nc(N[C@H](CN4CCCC4)c4ccn(C(C)F)n4)n3)cn12. The summed E-state index contributed by atoms with van der Waals surface area (Å²) in [6, 6.07) is 5.49. The summed E-state index contributed by atoms with van der Waals surface area (Å²) in [5.74, 6) is 1.80. The average Bonchev–Trinajstić information content (AvgIpc) is 3.54. The second-order valence-corrected chi connectivity index (χ2v) is 8.36. The van der Waals surface area contributed by atoms with E-state index in [1.54, 1.807) is 6.20 Å². The molecule has 33 heavy (non-hydrogen) atoms. The molecule has 0 radical (unpaired) electrons. The molecule has 11 heteroatoms. The van der Waals surface area contributed by atoms with Crippen molar-refractivity contribution in [3.63, 3.8) is 0 Å². The molecule has 2 atom stereocenters. The third kappa shape index (κ3) is 4.49. The van der Waals surface area contributed by atoms with Crippen molar-refractivity contribution in [2.75, 3.05) is 30.7 Å². The first-order chi connectivity index (χ1) is 16.0. The number of halogens is 1. The number of anilines is 2. The van der Waals surface area contributed by atoms with E-state index in [0.717, 1.165) is 35.7 Å². The van der Waals surface area contributed by atoms with Gasteiger partial charge in [0.05, 0.1) is 23.4 Å². The summed E-state index contributed by atoms with van der Waals surface area (Å²) in [5, 5.41) is 7.80. The Hall–Kier alpha value is -3.60. The van der Waals surface area contributed by atoms with Gasteiger partial charge in [-0.1, -0.05) is 0 Å². The van der Waals surface area contributed by atoms with Gasteiger partial charge in [0.25, 0.3) is 0 Å². The lowest BCUT2D eigenvalue weighted by molar-refractivity contribution is 0.242. The topological polar surface area (TPSA) is 115 Å². The van der Waals surface area contributed by atoms with Crippen LogP contribution in [-0.2, 0) is 0 Å². The highest BCUT2D eigenvalue weighted by molar-refractivity contribution is 5.61. The number of nitrogens with two attached hydrogens (primary N) is 1. The lowest BCUT2D eigenvalue weighted by Gasteiger charge is -2.23. The molecule has 0 bridgehead atoms. The zero-order chi connectivity index (χ0) is 22.9. The molecule has 4 aromatic heterocycles. The van der Waals surface area contributed by atoms with Crippen LogP contribution >= 0.6 is 0 Å². The maximum atomic E-state index is 13.8. The first-order valence-corrected chi connectivity index (χ1v) is 11.1. The van der Waals surface area contributed by atoms with E-state index in [2.05, 4.69) is 35.3 Å². The van der Waals surface area contributed by atoms with Gasteiger partial charge >= 0.3 is 0 Å². The molecule has 1 aliphatic rings. The van der Waals surface area contributed by atoms with Gasteiger partial charge in [-0.3, -0.25) is 0 Å². The van der Waals surface area contributed by atoms with Crippen molar-refractivity contribution >= 4 is 17.4 Å². The van der Waals surface area contributed by atoms with Crippen LogP contribution in [-0.4, -0.2) is 58.7 Å². The van der Waals surface area contributed by atoms with Gasteiger partial charge in [-0.15, -0.1) is 0 Å². The molecule has 0 aliphatic carbocycles. The summed E-state index contributed by atoms with van der Waals surface area (Å²) in [7, 11) is 0. The maximum absolute atomic E-state index is 13.8. The summed E-state index contributed by atoms with van der Waals surface area (Å²) in [4.78, 5) is 20.0. The standard InChI is InChI=1S/C22H27FN10/c1-14(23)33-10-7-18(30-33)19(13-31-8-3-4-9-31)26-22-28-20(27-21(24)29-22)16-5-6-17-11-25-15(2)32(17)12-16/h5-7,10-12,14,19H,3-4,8-9,13H2,1-2H3,(H3,24,26,27,28,29)/t14?,19-/m1/s1. The molecule has 0 aromatic carbocycles. The zero-order valence-corrected chi connectivity index (χ0v) is 18.7. The van der Waals surface area contributed by atoms with Gasteiger partial charge in [0.2, 0.25) is 11.9 Å². The lowest BCUT2D eigenvalue weighted by atomic mass is 10.2. The van der Waals surface area contributed by atoms with Crippen LogP contribution in [0.4, 0.5) is 16.3 Å². The molecule has 172 valence electrons. The molecule has 1 aliphatic heterocycles. The monoisotopic (exact) mass is 450 g/mol. The number of rotatable bonds is 7. The predicted molar refractivity (Wildman–Crippen MR) is 123 cm³/mol. The maximum Gasteiger partial charge on any atom is 0.228 e. The van der Waals surface area contributed by atoms with Crippen LogP contribution < -0.4 is 11.1 Å². The molecule has 0 saturated carbocycles. The molecule has 10 nitrogen and oxygen atoms in total. The Kier molecular flexibility index (Phi) is 5.63. The van der Waals surface area contributed by atoms with Crippen LogP contribution in [0.1, 0.15) is 43.6 Å². The minimum Gasteiger partial charge on any atom is -0.368 e. The molecular weight excluding hydrogens is 423 g/mol. The second kappa shape index (κ2) is 8.74. The van der Waals surface area contributed by atoms with E-state index in [0.29, 0.717) is 18.3 Å². The number of nitrogen functional groups attached to an aromatic ring is 1. The second-order valence-electron chi connectivity index (χ2n) is 8.36. The number of alkyl halides is 1. The summed E-state index contributed by atoms with van der Waals surface area (Å²) in [6.45, 7) is 6.14. The molecule has 0 spiro atoms. The number of imidazole rings is 1. The van der Waals surface area contributed by atoms with Crippen LogP contribution in [0, 0.1) is 6.92 Å². The Bertz CT molecular complexity index is 1260. The largest absolute Gasteiger partial charge is 0.368 e.